The first-order chi connectivity index (χ1) is 9.62. The zero-order valence-corrected chi connectivity index (χ0v) is 12.5. The Morgan fingerprint density at radius 1 is 1.05 bits per heavy atom. The fourth-order valence-electron chi connectivity index (χ4n) is 2.29. The highest BCUT2D eigenvalue weighted by molar-refractivity contribution is 5.75. The molecule has 1 fully saturated rings. The monoisotopic (exact) mass is 309 g/mol. The van der Waals surface area contributed by atoms with E-state index < -0.39 is 24.2 Å². The van der Waals surface area contributed by atoms with Crippen LogP contribution in [0.4, 0.5) is 18.0 Å². The van der Waals surface area contributed by atoms with E-state index in [0.717, 1.165) is 0 Å². The normalized spacial score (nSPS) is 18.4. The van der Waals surface area contributed by atoms with Gasteiger partial charge in [0.05, 0.1) is 0 Å². The quantitative estimate of drug-likeness (QED) is 0.846. The summed E-state index contributed by atoms with van der Waals surface area (Å²) in [5.41, 5.74) is 0. The number of nitrogens with zero attached hydrogens (tertiary/aromatic N) is 2. The maximum atomic E-state index is 12.9. The van der Waals surface area contributed by atoms with Crippen LogP contribution in [0.25, 0.3) is 0 Å². The Kier molecular flexibility index (Phi) is 5.86. The zero-order chi connectivity index (χ0) is 16.2. The molecule has 3 amide bonds. The van der Waals surface area contributed by atoms with Crippen LogP contribution in [-0.4, -0.2) is 60.1 Å². The van der Waals surface area contributed by atoms with E-state index in [1.54, 1.807) is 4.90 Å². The number of hydrogen-bond donors (Lipinski definition) is 1. The number of amides is 3. The Bertz CT molecular complexity index is 385. The molecular formula is C13H22F3N3O2. The fourth-order valence-corrected chi connectivity index (χ4v) is 2.29. The van der Waals surface area contributed by atoms with Crippen LogP contribution in [0.1, 0.15) is 27.2 Å². The van der Waals surface area contributed by atoms with Gasteiger partial charge in [-0.3, -0.25) is 4.79 Å². The smallest absolute Gasteiger partial charge is 0.341 e. The van der Waals surface area contributed by atoms with Gasteiger partial charge in [0.25, 0.3) is 0 Å². The molecule has 21 heavy (non-hydrogen) atoms. The van der Waals surface area contributed by atoms with Crippen molar-refractivity contribution in [2.45, 2.75) is 39.4 Å². The van der Waals surface area contributed by atoms with Gasteiger partial charge >= 0.3 is 12.2 Å². The summed E-state index contributed by atoms with van der Waals surface area (Å²) in [4.78, 5) is 26.2. The largest absolute Gasteiger partial charge is 0.408 e. The van der Waals surface area contributed by atoms with Crippen molar-refractivity contribution in [3.63, 3.8) is 0 Å². The summed E-state index contributed by atoms with van der Waals surface area (Å²) in [6.45, 7) is 5.73. The molecule has 0 aromatic carbocycles. The Morgan fingerprint density at radius 3 is 2.05 bits per heavy atom. The third-order valence-electron chi connectivity index (χ3n) is 3.53. The van der Waals surface area contributed by atoms with Crippen molar-refractivity contribution in [3.8, 4) is 0 Å². The van der Waals surface area contributed by atoms with Crippen molar-refractivity contribution in [3.05, 3.63) is 0 Å². The summed E-state index contributed by atoms with van der Waals surface area (Å²) in [6.07, 6.45) is -3.91. The number of alkyl halides is 3. The van der Waals surface area contributed by atoms with Gasteiger partial charge < -0.3 is 15.1 Å². The van der Waals surface area contributed by atoms with Crippen molar-refractivity contribution in [1.29, 1.82) is 0 Å². The van der Waals surface area contributed by atoms with Crippen LogP contribution in [0.2, 0.25) is 0 Å². The summed E-state index contributed by atoms with van der Waals surface area (Å²) in [5, 5.41) is 2.06. The lowest BCUT2D eigenvalue weighted by Gasteiger charge is -2.29. The van der Waals surface area contributed by atoms with Gasteiger partial charge in [-0.25, -0.2) is 4.79 Å². The van der Waals surface area contributed by atoms with Crippen molar-refractivity contribution in [2.24, 2.45) is 5.92 Å². The third-order valence-corrected chi connectivity index (χ3v) is 3.53. The standard InChI is InChI=1S/C13H22F3N3O2/c1-9(2)11(13(14,15)16)17-12(21)19-6-4-5-18(7-8-19)10(3)20/h9,11H,4-8H2,1-3H3,(H,17,21)/t11-/m0/s1. The number of urea groups is 1. The molecule has 122 valence electrons. The summed E-state index contributed by atoms with van der Waals surface area (Å²) >= 11 is 0. The molecule has 1 aliphatic rings. The summed E-state index contributed by atoms with van der Waals surface area (Å²) in [5.74, 6) is -0.831. The molecule has 1 atom stereocenters. The van der Waals surface area contributed by atoms with Crippen LogP contribution in [0, 0.1) is 5.92 Å². The van der Waals surface area contributed by atoms with Crippen molar-refractivity contribution < 1.29 is 22.8 Å². The van der Waals surface area contributed by atoms with E-state index >= 15 is 0 Å². The van der Waals surface area contributed by atoms with Gasteiger partial charge in [0.15, 0.2) is 0 Å². The SMILES string of the molecule is CC(=O)N1CCCN(C(=O)N[C@@H](C(C)C)C(F)(F)F)CC1. The minimum absolute atomic E-state index is 0.0902. The van der Waals surface area contributed by atoms with Gasteiger partial charge in [0.1, 0.15) is 6.04 Å². The first-order valence-corrected chi connectivity index (χ1v) is 7.00. The van der Waals surface area contributed by atoms with Crippen LogP contribution in [0.5, 0.6) is 0 Å². The topological polar surface area (TPSA) is 52.7 Å². The summed E-state index contributed by atoms with van der Waals surface area (Å²) in [7, 11) is 0. The highest BCUT2D eigenvalue weighted by Crippen LogP contribution is 2.25. The molecule has 1 heterocycles. The number of nitrogens with one attached hydrogen (secondary N) is 1. The molecule has 0 aromatic rings. The van der Waals surface area contributed by atoms with Crippen LogP contribution in [0.15, 0.2) is 0 Å². The first-order valence-electron chi connectivity index (χ1n) is 7.00. The molecule has 0 aromatic heterocycles. The zero-order valence-electron chi connectivity index (χ0n) is 12.5. The molecule has 0 radical (unpaired) electrons. The van der Waals surface area contributed by atoms with Crippen molar-refractivity contribution >= 4 is 11.9 Å². The number of carbonyl (C=O) groups excluding carboxylic acids is 2. The van der Waals surface area contributed by atoms with E-state index in [9.17, 15) is 22.8 Å². The van der Waals surface area contributed by atoms with E-state index in [2.05, 4.69) is 5.32 Å². The lowest BCUT2D eigenvalue weighted by atomic mass is 10.0. The van der Waals surface area contributed by atoms with Gasteiger partial charge in [0, 0.05) is 33.1 Å². The maximum absolute atomic E-state index is 12.9. The van der Waals surface area contributed by atoms with Crippen LogP contribution >= 0.6 is 0 Å². The van der Waals surface area contributed by atoms with E-state index in [1.807, 2.05) is 0 Å². The van der Waals surface area contributed by atoms with Gasteiger partial charge in [-0.15, -0.1) is 0 Å². The van der Waals surface area contributed by atoms with E-state index in [-0.39, 0.29) is 12.5 Å². The molecule has 5 nitrogen and oxygen atoms in total. The molecule has 0 saturated carbocycles. The summed E-state index contributed by atoms with van der Waals surface area (Å²) < 4.78 is 38.6. The number of carbonyl (C=O) groups is 2. The maximum Gasteiger partial charge on any atom is 0.408 e. The van der Waals surface area contributed by atoms with Crippen LogP contribution < -0.4 is 5.32 Å². The number of halogens is 3. The predicted octanol–water partition coefficient (Wildman–Crippen LogP) is 1.84. The highest BCUT2D eigenvalue weighted by atomic mass is 19.4. The Balaban J connectivity index is 2.64. The molecule has 0 bridgehead atoms. The number of rotatable bonds is 2. The highest BCUT2D eigenvalue weighted by Gasteiger charge is 2.43. The fraction of sp³-hybridized carbons (Fsp3) is 0.846. The second-order valence-corrected chi connectivity index (χ2v) is 5.56. The Morgan fingerprint density at radius 2 is 1.57 bits per heavy atom. The van der Waals surface area contributed by atoms with Crippen molar-refractivity contribution in [1.82, 2.24) is 15.1 Å². The van der Waals surface area contributed by atoms with E-state index in [0.29, 0.717) is 26.1 Å². The van der Waals surface area contributed by atoms with Gasteiger partial charge in [-0.2, -0.15) is 13.2 Å². The third kappa shape index (κ3) is 5.09. The average Bonchev–Trinajstić information content (AvgIpc) is 2.59. The lowest BCUT2D eigenvalue weighted by Crippen LogP contribution is -2.53. The predicted molar refractivity (Wildman–Crippen MR) is 71.7 cm³/mol. The molecular weight excluding hydrogens is 287 g/mol. The summed E-state index contributed by atoms with van der Waals surface area (Å²) in [6, 6.07) is -2.59. The minimum Gasteiger partial charge on any atom is -0.341 e. The molecule has 1 N–H and O–H groups in total. The average molecular weight is 309 g/mol. The molecule has 1 rings (SSSR count). The first kappa shape index (κ1) is 17.6. The second-order valence-electron chi connectivity index (χ2n) is 5.56. The van der Waals surface area contributed by atoms with Crippen molar-refractivity contribution in [2.75, 3.05) is 26.2 Å². The second kappa shape index (κ2) is 7.00. The molecule has 0 unspecified atom stereocenters. The number of hydrogen-bond acceptors (Lipinski definition) is 2. The minimum atomic E-state index is -4.47. The molecule has 0 spiro atoms. The van der Waals surface area contributed by atoms with E-state index in [4.69, 9.17) is 0 Å². The Labute approximate surface area is 122 Å². The molecule has 8 heteroatoms. The molecule has 1 aliphatic heterocycles. The van der Waals surface area contributed by atoms with Gasteiger partial charge in [-0.1, -0.05) is 13.8 Å². The molecule has 0 aliphatic carbocycles. The van der Waals surface area contributed by atoms with Crippen LogP contribution in [0.3, 0.4) is 0 Å². The molecule has 1 saturated heterocycles. The Hall–Kier alpha value is -1.47. The lowest BCUT2D eigenvalue weighted by molar-refractivity contribution is -0.162. The van der Waals surface area contributed by atoms with E-state index in [1.165, 1.54) is 25.7 Å². The van der Waals surface area contributed by atoms with Gasteiger partial charge in [0.2, 0.25) is 5.91 Å². The van der Waals surface area contributed by atoms with Crippen LogP contribution in [-0.2, 0) is 4.79 Å². The van der Waals surface area contributed by atoms with Gasteiger partial charge in [-0.05, 0) is 12.3 Å².